The van der Waals surface area contributed by atoms with Gasteiger partial charge in [0.1, 0.15) is 6.04 Å². The van der Waals surface area contributed by atoms with Gasteiger partial charge in [0.25, 0.3) is 0 Å². The van der Waals surface area contributed by atoms with Crippen LogP contribution >= 0.6 is 23.6 Å². The fraction of sp³-hybridized carbons (Fsp3) is 0.167. The summed E-state index contributed by atoms with van der Waals surface area (Å²) in [5, 5.41) is 20.6. The van der Waals surface area contributed by atoms with Gasteiger partial charge in [-0.25, -0.2) is 9.59 Å². The number of rotatable bonds is 5. The first-order chi connectivity index (χ1) is 10.0. The van der Waals surface area contributed by atoms with Gasteiger partial charge < -0.3 is 10.4 Å². The first kappa shape index (κ1) is 15.1. The summed E-state index contributed by atoms with van der Waals surface area (Å²) >= 11 is 5.92. The Labute approximate surface area is 129 Å². The van der Waals surface area contributed by atoms with E-state index >= 15 is 0 Å². The second kappa shape index (κ2) is 6.95. The van der Waals surface area contributed by atoms with Gasteiger partial charge in [-0.15, -0.1) is 5.10 Å². The number of hydrogen-bond acceptors (Lipinski definition) is 5. The molecule has 2 rings (SSSR count). The minimum absolute atomic E-state index is 0.194. The number of amides is 2. The second-order valence-corrected chi connectivity index (χ2v) is 5.76. The minimum atomic E-state index is -1.11. The number of carbonyl (C=O) groups is 2. The zero-order valence-corrected chi connectivity index (χ0v) is 12.3. The highest BCUT2D eigenvalue weighted by Crippen LogP contribution is 2.10. The van der Waals surface area contributed by atoms with E-state index in [0.717, 1.165) is 16.9 Å². The van der Waals surface area contributed by atoms with Crippen LogP contribution in [0.25, 0.3) is 0 Å². The van der Waals surface area contributed by atoms with Gasteiger partial charge in [0.15, 0.2) is 3.95 Å². The third-order valence-corrected chi connectivity index (χ3v) is 3.55. The highest BCUT2D eigenvalue weighted by atomic mass is 32.1. The fourth-order valence-electron chi connectivity index (χ4n) is 1.62. The highest BCUT2D eigenvalue weighted by molar-refractivity contribution is 7.73. The molecule has 0 saturated carbocycles. The van der Waals surface area contributed by atoms with E-state index in [4.69, 9.17) is 12.2 Å². The number of H-pyrrole nitrogens is 1. The molecule has 7 nitrogen and oxygen atoms in total. The summed E-state index contributed by atoms with van der Waals surface area (Å²) in [5.74, 6) is -1.11. The van der Waals surface area contributed by atoms with E-state index in [1.165, 1.54) is 0 Å². The van der Waals surface area contributed by atoms with Gasteiger partial charge in [-0.1, -0.05) is 41.7 Å². The molecule has 1 atom stereocenters. The Bertz CT molecular complexity index is 683. The molecular weight excluding hydrogens is 312 g/mol. The zero-order chi connectivity index (χ0) is 15.2. The van der Waals surface area contributed by atoms with Crippen LogP contribution in [0.1, 0.15) is 5.56 Å². The first-order valence-corrected chi connectivity index (χ1v) is 7.17. The maximum absolute atomic E-state index is 11.8. The Kier molecular flexibility index (Phi) is 5.01. The highest BCUT2D eigenvalue weighted by Gasteiger charge is 2.20. The van der Waals surface area contributed by atoms with Crippen molar-refractivity contribution in [1.82, 2.24) is 15.5 Å². The van der Waals surface area contributed by atoms with Gasteiger partial charge in [-0.3, -0.25) is 10.4 Å². The molecule has 1 aromatic carbocycles. The van der Waals surface area contributed by atoms with Crippen molar-refractivity contribution >= 4 is 40.7 Å². The minimum Gasteiger partial charge on any atom is -0.480 e. The van der Waals surface area contributed by atoms with Crippen molar-refractivity contribution in [2.24, 2.45) is 0 Å². The lowest BCUT2D eigenvalue weighted by atomic mass is 10.1. The van der Waals surface area contributed by atoms with Crippen molar-refractivity contribution in [1.29, 1.82) is 0 Å². The number of aromatic amines is 1. The van der Waals surface area contributed by atoms with Crippen LogP contribution in [0.5, 0.6) is 0 Å². The van der Waals surface area contributed by atoms with Gasteiger partial charge >= 0.3 is 12.0 Å². The lowest BCUT2D eigenvalue weighted by Crippen LogP contribution is -2.44. The van der Waals surface area contributed by atoms with Crippen LogP contribution in [0.3, 0.4) is 0 Å². The van der Waals surface area contributed by atoms with Crippen LogP contribution in [0.2, 0.25) is 0 Å². The summed E-state index contributed by atoms with van der Waals surface area (Å²) in [5.41, 5.74) is 0.820. The van der Waals surface area contributed by atoms with E-state index in [1.54, 1.807) is 12.1 Å². The molecule has 0 bridgehead atoms. The molecule has 2 amide bonds. The molecule has 21 heavy (non-hydrogen) atoms. The predicted octanol–water partition coefficient (Wildman–Crippen LogP) is 2.02. The maximum atomic E-state index is 11.8. The van der Waals surface area contributed by atoms with Crippen molar-refractivity contribution in [3.8, 4) is 0 Å². The van der Waals surface area contributed by atoms with Gasteiger partial charge in [0, 0.05) is 6.42 Å². The quantitative estimate of drug-likeness (QED) is 0.629. The Morgan fingerprint density at radius 2 is 2.10 bits per heavy atom. The molecule has 0 aliphatic carbocycles. The molecule has 2 aromatic rings. The summed E-state index contributed by atoms with van der Waals surface area (Å²) in [6.07, 6.45) is 0.194. The van der Waals surface area contributed by atoms with Gasteiger partial charge in [-0.05, 0) is 17.8 Å². The van der Waals surface area contributed by atoms with Crippen molar-refractivity contribution < 1.29 is 14.7 Å². The van der Waals surface area contributed by atoms with Crippen molar-refractivity contribution in [2.45, 2.75) is 12.5 Å². The fourth-order valence-corrected chi connectivity index (χ4v) is 2.41. The monoisotopic (exact) mass is 324 g/mol. The van der Waals surface area contributed by atoms with Crippen LogP contribution in [0, 0.1) is 3.95 Å². The van der Waals surface area contributed by atoms with Crippen LogP contribution in [0.15, 0.2) is 30.3 Å². The van der Waals surface area contributed by atoms with E-state index in [2.05, 4.69) is 20.8 Å². The molecule has 0 radical (unpaired) electrons. The molecule has 110 valence electrons. The normalized spacial score (nSPS) is 11.6. The van der Waals surface area contributed by atoms with Crippen LogP contribution in [-0.4, -0.2) is 33.3 Å². The number of benzene rings is 1. The van der Waals surface area contributed by atoms with E-state index in [1.807, 2.05) is 18.2 Å². The van der Waals surface area contributed by atoms with E-state index in [0.29, 0.717) is 3.95 Å². The number of anilines is 1. The molecule has 0 aliphatic rings. The topological polar surface area (TPSA) is 107 Å². The number of hydrogen-bond donors (Lipinski definition) is 4. The Balaban J connectivity index is 1.97. The smallest absolute Gasteiger partial charge is 0.326 e. The predicted molar refractivity (Wildman–Crippen MR) is 81.0 cm³/mol. The molecule has 0 saturated heterocycles. The van der Waals surface area contributed by atoms with E-state index in [9.17, 15) is 14.7 Å². The second-order valence-electron chi connectivity index (χ2n) is 4.10. The van der Waals surface area contributed by atoms with Gasteiger partial charge in [0.2, 0.25) is 5.13 Å². The summed E-state index contributed by atoms with van der Waals surface area (Å²) in [6.45, 7) is 0. The van der Waals surface area contributed by atoms with Crippen LogP contribution in [0.4, 0.5) is 9.93 Å². The van der Waals surface area contributed by atoms with Crippen LogP contribution < -0.4 is 10.6 Å². The summed E-state index contributed by atoms with van der Waals surface area (Å²) in [4.78, 5) is 23.0. The molecule has 0 spiro atoms. The number of urea groups is 1. The molecule has 0 unspecified atom stereocenters. The molecule has 9 heteroatoms. The van der Waals surface area contributed by atoms with Gasteiger partial charge in [0.05, 0.1) is 0 Å². The average molecular weight is 324 g/mol. The largest absolute Gasteiger partial charge is 0.480 e. The number of carbonyl (C=O) groups excluding carboxylic acids is 1. The third-order valence-electron chi connectivity index (χ3n) is 2.54. The van der Waals surface area contributed by atoms with Crippen LogP contribution in [-0.2, 0) is 11.2 Å². The summed E-state index contributed by atoms with van der Waals surface area (Å²) < 4.78 is 0.421. The number of nitrogens with one attached hydrogen (secondary N) is 3. The Hall–Kier alpha value is -2.26. The number of nitrogens with zero attached hydrogens (tertiary/aromatic N) is 1. The standard InChI is InChI=1S/C12H12N4O3S2/c17-9(18)8(6-7-4-2-1-3-5-7)13-10(19)14-11-15-16-12(20)21-11/h1-5,8H,6H2,(H,16,20)(H,17,18)(H2,13,14,15,19)/t8-/m1/s1. The maximum Gasteiger partial charge on any atom is 0.326 e. The average Bonchev–Trinajstić information content (AvgIpc) is 2.84. The summed E-state index contributed by atoms with van der Waals surface area (Å²) in [7, 11) is 0. The molecule has 0 aliphatic heterocycles. The molecule has 4 N–H and O–H groups in total. The SMILES string of the molecule is O=C(Nc1n[nH]c(=S)s1)N[C@H](Cc1ccccc1)C(=O)O. The van der Waals surface area contributed by atoms with E-state index in [-0.39, 0.29) is 11.6 Å². The molecular formula is C12H12N4O3S2. The Morgan fingerprint density at radius 1 is 1.38 bits per heavy atom. The first-order valence-electron chi connectivity index (χ1n) is 5.94. The van der Waals surface area contributed by atoms with Crippen molar-refractivity contribution in [3.05, 3.63) is 39.8 Å². The van der Waals surface area contributed by atoms with E-state index < -0.39 is 18.0 Å². The number of aromatic nitrogens is 2. The summed E-state index contributed by atoms with van der Waals surface area (Å²) in [6, 6.07) is 7.39. The zero-order valence-electron chi connectivity index (χ0n) is 10.7. The molecule has 1 aromatic heterocycles. The lowest BCUT2D eigenvalue weighted by molar-refractivity contribution is -0.139. The molecule has 0 fully saturated rings. The lowest BCUT2D eigenvalue weighted by Gasteiger charge is -2.14. The molecule has 1 heterocycles. The number of carboxylic acids is 1. The third kappa shape index (κ3) is 4.65. The van der Waals surface area contributed by atoms with Crippen molar-refractivity contribution in [2.75, 3.05) is 5.32 Å². The number of aliphatic carboxylic acids is 1. The van der Waals surface area contributed by atoms with Crippen molar-refractivity contribution in [3.63, 3.8) is 0 Å². The van der Waals surface area contributed by atoms with Gasteiger partial charge in [-0.2, -0.15) is 0 Å². The number of carboxylic acid groups (broad SMARTS) is 1. The Morgan fingerprint density at radius 3 is 2.67 bits per heavy atom.